The van der Waals surface area contributed by atoms with Crippen LogP contribution in [0.15, 0.2) is 57.9 Å². The fourth-order valence-corrected chi connectivity index (χ4v) is 3.59. The van der Waals surface area contributed by atoms with Crippen LogP contribution in [-0.2, 0) is 10.0 Å². The Kier molecular flexibility index (Phi) is 5.61. The largest absolute Gasteiger partial charge is 0.377 e. The van der Waals surface area contributed by atoms with Crippen molar-refractivity contribution < 1.29 is 8.42 Å². The molecule has 4 nitrogen and oxygen atoms in total. The second-order valence-electron chi connectivity index (χ2n) is 4.87. The molecule has 0 aliphatic heterocycles. The topological polar surface area (TPSA) is 58.2 Å². The molecule has 0 saturated carbocycles. The highest BCUT2D eigenvalue weighted by molar-refractivity contribution is 9.10. The summed E-state index contributed by atoms with van der Waals surface area (Å²) >= 11 is 3.44. The van der Waals surface area contributed by atoms with Gasteiger partial charge in [-0.1, -0.05) is 37.3 Å². The number of hydrogen-bond donors (Lipinski definition) is 2. The van der Waals surface area contributed by atoms with E-state index in [1.54, 1.807) is 18.2 Å². The zero-order valence-electron chi connectivity index (χ0n) is 12.5. The smallest absolute Gasteiger partial charge is 0.240 e. The third-order valence-electron chi connectivity index (χ3n) is 3.46. The van der Waals surface area contributed by atoms with Crippen LogP contribution >= 0.6 is 15.9 Å². The van der Waals surface area contributed by atoms with Gasteiger partial charge in [0, 0.05) is 10.2 Å². The molecular weight excluding hydrogens is 364 g/mol. The summed E-state index contributed by atoms with van der Waals surface area (Å²) in [5.74, 6) is 0. The highest BCUT2D eigenvalue weighted by Crippen LogP contribution is 2.30. The van der Waals surface area contributed by atoms with E-state index in [1.165, 1.54) is 12.6 Å². The van der Waals surface area contributed by atoms with E-state index in [2.05, 4.69) is 45.0 Å². The predicted molar refractivity (Wildman–Crippen MR) is 93.5 cm³/mol. The molecule has 2 aromatic carbocycles. The number of hydrogen-bond acceptors (Lipinski definition) is 3. The zero-order valence-corrected chi connectivity index (χ0v) is 14.9. The molecule has 22 heavy (non-hydrogen) atoms. The molecule has 0 amide bonds. The van der Waals surface area contributed by atoms with Crippen LogP contribution in [0.1, 0.15) is 24.9 Å². The van der Waals surface area contributed by atoms with Crippen LogP contribution in [0.4, 0.5) is 5.69 Å². The van der Waals surface area contributed by atoms with Gasteiger partial charge in [0.2, 0.25) is 10.0 Å². The summed E-state index contributed by atoms with van der Waals surface area (Å²) < 4.78 is 26.7. The molecule has 0 unspecified atom stereocenters. The van der Waals surface area contributed by atoms with E-state index in [-0.39, 0.29) is 10.9 Å². The second-order valence-corrected chi connectivity index (χ2v) is 7.61. The first-order valence-corrected chi connectivity index (χ1v) is 9.30. The SMILES string of the molecule is CC[C@H](Nc1ccc(S(=O)(=O)NC)cc1Br)c1ccccc1. The molecule has 0 fully saturated rings. The van der Waals surface area contributed by atoms with Crippen molar-refractivity contribution in [3.8, 4) is 0 Å². The summed E-state index contributed by atoms with van der Waals surface area (Å²) in [6.45, 7) is 2.11. The summed E-state index contributed by atoms with van der Waals surface area (Å²) in [6, 6.07) is 15.3. The maximum absolute atomic E-state index is 11.8. The van der Waals surface area contributed by atoms with Gasteiger partial charge in [0.05, 0.1) is 10.9 Å². The quantitative estimate of drug-likeness (QED) is 0.795. The van der Waals surface area contributed by atoms with E-state index in [4.69, 9.17) is 0 Å². The summed E-state index contributed by atoms with van der Waals surface area (Å²) in [4.78, 5) is 0.236. The molecule has 0 aliphatic carbocycles. The van der Waals surface area contributed by atoms with Gasteiger partial charge in [-0.25, -0.2) is 13.1 Å². The van der Waals surface area contributed by atoms with E-state index in [1.807, 2.05) is 18.2 Å². The van der Waals surface area contributed by atoms with Crippen LogP contribution in [0, 0.1) is 0 Å². The second kappa shape index (κ2) is 7.26. The van der Waals surface area contributed by atoms with E-state index in [9.17, 15) is 8.42 Å². The number of sulfonamides is 1. The van der Waals surface area contributed by atoms with Gasteiger partial charge < -0.3 is 5.32 Å². The average molecular weight is 383 g/mol. The van der Waals surface area contributed by atoms with Gasteiger partial charge in [0.15, 0.2) is 0 Å². The van der Waals surface area contributed by atoms with Crippen LogP contribution in [0.5, 0.6) is 0 Å². The third kappa shape index (κ3) is 3.88. The molecule has 0 aromatic heterocycles. The Morgan fingerprint density at radius 3 is 2.36 bits per heavy atom. The molecule has 0 heterocycles. The van der Waals surface area contributed by atoms with Crippen molar-refractivity contribution in [2.75, 3.05) is 12.4 Å². The van der Waals surface area contributed by atoms with Crippen LogP contribution in [-0.4, -0.2) is 15.5 Å². The van der Waals surface area contributed by atoms with Gasteiger partial charge in [-0.3, -0.25) is 0 Å². The fourth-order valence-electron chi connectivity index (χ4n) is 2.19. The molecule has 1 atom stereocenters. The molecule has 2 rings (SSSR count). The van der Waals surface area contributed by atoms with Gasteiger partial charge in [0.1, 0.15) is 0 Å². The summed E-state index contributed by atoms with van der Waals surface area (Å²) in [6.07, 6.45) is 0.924. The number of nitrogens with one attached hydrogen (secondary N) is 2. The van der Waals surface area contributed by atoms with Crippen LogP contribution < -0.4 is 10.0 Å². The number of anilines is 1. The molecule has 0 radical (unpaired) electrons. The lowest BCUT2D eigenvalue weighted by Gasteiger charge is -2.20. The van der Waals surface area contributed by atoms with Crippen molar-refractivity contribution in [2.45, 2.75) is 24.3 Å². The molecule has 0 bridgehead atoms. The number of halogens is 1. The fraction of sp³-hybridized carbons (Fsp3) is 0.250. The Balaban J connectivity index is 2.27. The Morgan fingerprint density at radius 2 is 1.82 bits per heavy atom. The number of rotatable bonds is 6. The van der Waals surface area contributed by atoms with Crippen molar-refractivity contribution >= 4 is 31.6 Å². The summed E-state index contributed by atoms with van der Waals surface area (Å²) in [5, 5.41) is 3.45. The Labute approximate surface area is 140 Å². The van der Waals surface area contributed by atoms with E-state index in [0.29, 0.717) is 0 Å². The van der Waals surface area contributed by atoms with Gasteiger partial charge in [-0.2, -0.15) is 0 Å². The lowest BCUT2D eigenvalue weighted by molar-refractivity contribution is 0.588. The van der Waals surface area contributed by atoms with Crippen molar-refractivity contribution in [3.05, 3.63) is 58.6 Å². The molecule has 0 saturated heterocycles. The minimum Gasteiger partial charge on any atom is -0.377 e. The van der Waals surface area contributed by atoms with E-state index in [0.717, 1.165) is 16.6 Å². The Bertz CT molecular complexity index is 733. The maximum Gasteiger partial charge on any atom is 0.240 e. The van der Waals surface area contributed by atoms with Crippen molar-refractivity contribution in [2.24, 2.45) is 0 Å². The van der Waals surface area contributed by atoms with Crippen molar-refractivity contribution in [3.63, 3.8) is 0 Å². The predicted octanol–water partition coefficient (Wildman–Crippen LogP) is 3.92. The van der Waals surface area contributed by atoms with Crippen LogP contribution in [0.3, 0.4) is 0 Å². The van der Waals surface area contributed by atoms with Crippen LogP contribution in [0.25, 0.3) is 0 Å². The molecule has 0 aliphatic rings. The monoisotopic (exact) mass is 382 g/mol. The summed E-state index contributed by atoms with van der Waals surface area (Å²) in [5.41, 5.74) is 2.06. The minimum absolute atomic E-state index is 0.171. The van der Waals surface area contributed by atoms with Crippen LogP contribution in [0.2, 0.25) is 0 Å². The third-order valence-corrected chi connectivity index (χ3v) is 5.53. The van der Waals surface area contributed by atoms with Crippen molar-refractivity contribution in [1.29, 1.82) is 0 Å². The molecule has 6 heteroatoms. The summed E-state index contributed by atoms with van der Waals surface area (Å²) in [7, 11) is -2.03. The van der Waals surface area contributed by atoms with Gasteiger partial charge in [0.25, 0.3) is 0 Å². The first-order chi connectivity index (χ1) is 10.5. The van der Waals surface area contributed by atoms with Gasteiger partial charge in [-0.15, -0.1) is 0 Å². The average Bonchev–Trinajstić information content (AvgIpc) is 2.54. The first-order valence-electron chi connectivity index (χ1n) is 7.02. The first kappa shape index (κ1) is 17.0. The van der Waals surface area contributed by atoms with Gasteiger partial charge in [-0.05, 0) is 53.2 Å². The molecule has 2 N–H and O–H groups in total. The Hall–Kier alpha value is -1.37. The van der Waals surface area contributed by atoms with E-state index < -0.39 is 10.0 Å². The standard InChI is InChI=1S/C16H19BrN2O2S/c1-3-15(12-7-5-4-6-8-12)19-16-10-9-13(11-14(16)17)22(20,21)18-2/h4-11,15,18-19H,3H2,1-2H3/t15-/m0/s1. The lowest BCUT2D eigenvalue weighted by atomic mass is 10.0. The Morgan fingerprint density at radius 1 is 1.14 bits per heavy atom. The molecule has 118 valence electrons. The van der Waals surface area contributed by atoms with Gasteiger partial charge >= 0.3 is 0 Å². The molecular formula is C16H19BrN2O2S. The zero-order chi connectivity index (χ0) is 16.2. The highest BCUT2D eigenvalue weighted by atomic mass is 79.9. The minimum atomic E-state index is -3.43. The lowest BCUT2D eigenvalue weighted by Crippen LogP contribution is -2.18. The maximum atomic E-state index is 11.8. The molecule has 2 aromatic rings. The highest BCUT2D eigenvalue weighted by Gasteiger charge is 2.15. The van der Waals surface area contributed by atoms with Crippen molar-refractivity contribution in [1.82, 2.24) is 4.72 Å². The normalized spacial score (nSPS) is 12.9. The number of benzene rings is 2. The van der Waals surface area contributed by atoms with E-state index >= 15 is 0 Å². The molecule has 0 spiro atoms.